The molecular formula is C17H18N2O3S. The van der Waals surface area contributed by atoms with Gasteiger partial charge < -0.3 is 9.47 Å². The summed E-state index contributed by atoms with van der Waals surface area (Å²) in [5, 5.41) is 0.663. The fourth-order valence-corrected chi connectivity index (χ4v) is 3.21. The van der Waals surface area contributed by atoms with E-state index in [-0.39, 0.29) is 5.78 Å². The molecule has 0 radical (unpaired) electrons. The van der Waals surface area contributed by atoms with Crippen LogP contribution in [0.3, 0.4) is 0 Å². The molecule has 1 aliphatic carbocycles. The Balaban J connectivity index is 2.16. The average molecular weight is 330 g/mol. The van der Waals surface area contributed by atoms with Gasteiger partial charge in [0.1, 0.15) is 5.03 Å². The Morgan fingerprint density at radius 2 is 1.74 bits per heavy atom. The minimum atomic E-state index is -0.621. The molecular weight excluding hydrogens is 312 g/mol. The van der Waals surface area contributed by atoms with Crippen LogP contribution in [0.25, 0.3) is 11.3 Å². The van der Waals surface area contributed by atoms with Crippen molar-refractivity contribution in [1.82, 2.24) is 9.97 Å². The summed E-state index contributed by atoms with van der Waals surface area (Å²) in [5.41, 5.74) is 2.77. The number of carbonyl (C=O) groups excluding carboxylic acids is 1. The van der Waals surface area contributed by atoms with Crippen molar-refractivity contribution >= 4 is 17.5 Å². The molecule has 0 N–H and O–H groups in total. The van der Waals surface area contributed by atoms with E-state index >= 15 is 0 Å². The van der Waals surface area contributed by atoms with E-state index in [1.54, 1.807) is 0 Å². The van der Waals surface area contributed by atoms with Crippen LogP contribution in [0.15, 0.2) is 29.3 Å². The smallest absolute Gasteiger partial charge is 0.219 e. The van der Waals surface area contributed by atoms with Crippen molar-refractivity contribution < 1.29 is 14.3 Å². The van der Waals surface area contributed by atoms with Crippen LogP contribution in [-0.2, 0) is 9.47 Å². The average Bonchev–Trinajstić information content (AvgIpc) is 2.87. The number of benzene rings is 1. The van der Waals surface area contributed by atoms with Crippen LogP contribution in [0, 0.1) is 0 Å². The Hall–Kier alpha value is -1.76. The zero-order valence-corrected chi connectivity index (χ0v) is 14.1. The zero-order chi connectivity index (χ0) is 16.4. The molecule has 3 rings (SSSR count). The lowest BCUT2D eigenvalue weighted by molar-refractivity contribution is -0.145. The summed E-state index contributed by atoms with van der Waals surface area (Å²) in [6.45, 7) is 4.78. The third-order valence-corrected chi connectivity index (χ3v) is 4.27. The molecule has 0 saturated carbocycles. The summed E-state index contributed by atoms with van der Waals surface area (Å²) >= 11 is 1.43. The first-order chi connectivity index (χ1) is 11.2. The molecule has 23 heavy (non-hydrogen) atoms. The zero-order valence-electron chi connectivity index (χ0n) is 13.3. The number of carbonyl (C=O) groups is 1. The molecule has 1 aromatic carbocycles. The molecule has 0 spiro atoms. The van der Waals surface area contributed by atoms with Crippen LogP contribution in [0.4, 0.5) is 0 Å². The number of ketones is 1. The number of aromatic nitrogens is 2. The normalized spacial score (nSPS) is 12.6. The topological polar surface area (TPSA) is 61.3 Å². The van der Waals surface area contributed by atoms with Gasteiger partial charge in [0.2, 0.25) is 6.29 Å². The SMILES string of the molecule is CCOC(OCC)c1nc(SC)c2c(n1)-c1ccccc1C2=O. The Labute approximate surface area is 139 Å². The molecule has 1 aliphatic rings. The van der Waals surface area contributed by atoms with Crippen molar-refractivity contribution in [1.29, 1.82) is 0 Å². The molecule has 0 saturated heterocycles. The van der Waals surface area contributed by atoms with Crippen molar-refractivity contribution in [2.75, 3.05) is 19.5 Å². The monoisotopic (exact) mass is 330 g/mol. The van der Waals surface area contributed by atoms with E-state index in [1.165, 1.54) is 11.8 Å². The van der Waals surface area contributed by atoms with Crippen LogP contribution < -0.4 is 0 Å². The van der Waals surface area contributed by atoms with Crippen LogP contribution in [-0.4, -0.2) is 35.2 Å². The summed E-state index contributed by atoms with van der Waals surface area (Å²) in [4.78, 5) is 21.8. The first-order valence-corrected chi connectivity index (χ1v) is 8.76. The number of hydrogen-bond donors (Lipinski definition) is 0. The molecule has 6 heteroatoms. The standard InChI is InChI=1S/C17H18N2O3S/c1-4-21-17(22-5-2)15-18-13-10-8-6-7-9-11(10)14(20)12(13)16(19-15)23-3/h6-9,17H,4-5H2,1-3H3. The van der Waals surface area contributed by atoms with E-state index in [9.17, 15) is 4.79 Å². The molecule has 0 bridgehead atoms. The maximum Gasteiger partial charge on any atom is 0.219 e. The molecule has 5 nitrogen and oxygen atoms in total. The summed E-state index contributed by atoms with van der Waals surface area (Å²) in [7, 11) is 0. The predicted octanol–water partition coefficient (Wildman–Crippen LogP) is 3.48. The Kier molecular flexibility index (Phi) is 4.75. The van der Waals surface area contributed by atoms with E-state index in [0.29, 0.717) is 40.9 Å². The van der Waals surface area contributed by atoms with Gasteiger partial charge in [-0.15, -0.1) is 11.8 Å². The van der Waals surface area contributed by atoms with Crippen molar-refractivity contribution in [2.45, 2.75) is 25.2 Å². The molecule has 0 aliphatic heterocycles. The third-order valence-electron chi connectivity index (χ3n) is 3.59. The van der Waals surface area contributed by atoms with Gasteiger partial charge in [0.05, 0.1) is 11.3 Å². The highest BCUT2D eigenvalue weighted by Gasteiger charge is 2.33. The van der Waals surface area contributed by atoms with Gasteiger partial charge in [0, 0.05) is 24.3 Å². The second kappa shape index (κ2) is 6.78. The number of ether oxygens (including phenoxy) is 2. The van der Waals surface area contributed by atoms with Gasteiger partial charge in [-0.1, -0.05) is 24.3 Å². The van der Waals surface area contributed by atoms with Crippen molar-refractivity contribution in [3.8, 4) is 11.3 Å². The van der Waals surface area contributed by atoms with Crippen molar-refractivity contribution in [3.63, 3.8) is 0 Å². The summed E-state index contributed by atoms with van der Waals surface area (Å²) in [6.07, 6.45) is 1.28. The fraction of sp³-hybridized carbons (Fsp3) is 0.353. The minimum Gasteiger partial charge on any atom is -0.346 e. The highest BCUT2D eigenvalue weighted by atomic mass is 32.2. The number of nitrogens with zero attached hydrogens (tertiary/aromatic N) is 2. The van der Waals surface area contributed by atoms with Crippen LogP contribution >= 0.6 is 11.8 Å². The second-order valence-electron chi connectivity index (χ2n) is 4.93. The Bertz CT molecular complexity index is 743. The maximum atomic E-state index is 12.6. The van der Waals surface area contributed by atoms with Gasteiger partial charge in [0.25, 0.3) is 0 Å². The molecule has 2 aromatic rings. The van der Waals surface area contributed by atoms with Crippen LogP contribution in [0.5, 0.6) is 0 Å². The molecule has 0 unspecified atom stereocenters. The van der Waals surface area contributed by atoms with E-state index in [0.717, 1.165) is 5.56 Å². The van der Waals surface area contributed by atoms with Crippen LogP contribution in [0.2, 0.25) is 0 Å². The van der Waals surface area contributed by atoms with E-state index in [2.05, 4.69) is 9.97 Å². The summed E-state index contributed by atoms with van der Waals surface area (Å²) < 4.78 is 11.2. The number of fused-ring (bicyclic) bond motifs is 3. The Morgan fingerprint density at radius 3 is 2.35 bits per heavy atom. The van der Waals surface area contributed by atoms with Gasteiger partial charge in [-0.3, -0.25) is 4.79 Å². The lowest BCUT2D eigenvalue weighted by atomic mass is 10.1. The van der Waals surface area contributed by atoms with Gasteiger partial charge in [0.15, 0.2) is 11.6 Å². The molecule has 1 aromatic heterocycles. The lowest BCUT2D eigenvalue weighted by Gasteiger charge is -2.17. The van der Waals surface area contributed by atoms with Gasteiger partial charge >= 0.3 is 0 Å². The van der Waals surface area contributed by atoms with Crippen LogP contribution in [0.1, 0.15) is 41.9 Å². The maximum absolute atomic E-state index is 12.6. The molecule has 120 valence electrons. The second-order valence-corrected chi connectivity index (χ2v) is 5.73. The molecule has 0 fully saturated rings. The van der Waals surface area contributed by atoms with E-state index in [1.807, 2.05) is 44.4 Å². The fourth-order valence-electron chi connectivity index (χ4n) is 2.63. The van der Waals surface area contributed by atoms with Crippen molar-refractivity contribution in [3.05, 3.63) is 41.2 Å². The first-order valence-electron chi connectivity index (χ1n) is 7.54. The van der Waals surface area contributed by atoms with Gasteiger partial charge in [-0.2, -0.15) is 0 Å². The summed E-state index contributed by atoms with van der Waals surface area (Å²) in [5.74, 6) is 0.442. The molecule has 0 atom stereocenters. The van der Waals surface area contributed by atoms with E-state index in [4.69, 9.17) is 9.47 Å². The highest BCUT2D eigenvalue weighted by molar-refractivity contribution is 7.98. The highest BCUT2D eigenvalue weighted by Crippen LogP contribution is 2.39. The molecule has 1 heterocycles. The number of rotatable bonds is 6. The molecule has 0 amide bonds. The van der Waals surface area contributed by atoms with Gasteiger partial charge in [-0.25, -0.2) is 9.97 Å². The Morgan fingerprint density at radius 1 is 1.09 bits per heavy atom. The lowest BCUT2D eigenvalue weighted by Crippen LogP contribution is -2.14. The summed E-state index contributed by atoms with van der Waals surface area (Å²) in [6, 6.07) is 7.51. The largest absolute Gasteiger partial charge is 0.346 e. The quantitative estimate of drug-likeness (QED) is 0.392. The van der Waals surface area contributed by atoms with Gasteiger partial charge in [-0.05, 0) is 20.1 Å². The third kappa shape index (κ3) is 2.78. The van der Waals surface area contributed by atoms with E-state index < -0.39 is 6.29 Å². The number of hydrogen-bond acceptors (Lipinski definition) is 6. The van der Waals surface area contributed by atoms with Crippen molar-refractivity contribution in [2.24, 2.45) is 0 Å². The predicted molar refractivity (Wildman–Crippen MR) is 88.7 cm³/mol. The first kappa shape index (κ1) is 16.1. The minimum absolute atomic E-state index is 0.0177. The number of thioether (sulfide) groups is 1.